The summed E-state index contributed by atoms with van der Waals surface area (Å²) in [6, 6.07) is 8.02. The molecule has 1 spiro atoms. The molecule has 0 radical (unpaired) electrons. The Morgan fingerprint density at radius 2 is 1.87 bits per heavy atom. The van der Waals surface area contributed by atoms with Gasteiger partial charge in [0, 0.05) is 10.2 Å². The lowest BCUT2D eigenvalue weighted by Gasteiger charge is -2.57. The van der Waals surface area contributed by atoms with Crippen molar-refractivity contribution in [3.05, 3.63) is 28.7 Å². The van der Waals surface area contributed by atoms with Crippen LogP contribution >= 0.6 is 15.9 Å². The van der Waals surface area contributed by atoms with Gasteiger partial charge in [-0.2, -0.15) is 0 Å². The zero-order valence-electron chi connectivity index (χ0n) is 8.37. The first-order valence-corrected chi connectivity index (χ1v) is 6.09. The molecule has 1 heterocycles. The van der Waals surface area contributed by atoms with E-state index >= 15 is 0 Å². The van der Waals surface area contributed by atoms with Crippen LogP contribution in [0.3, 0.4) is 0 Å². The summed E-state index contributed by atoms with van der Waals surface area (Å²) in [7, 11) is 0. The van der Waals surface area contributed by atoms with E-state index in [4.69, 9.17) is 0 Å². The molecule has 2 aliphatic rings. The highest BCUT2D eigenvalue weighted by Gasteiger charge is 2.54. The molecule has 0 aromatic heterocycles. The summed E-state index contributed by atoms with van der Waals surface area (Å²) in [6.07, 6.45) is 4.37. The lowest BCUT2D eigenvalue weighted by Crippen LogP contribution is -2.67. The molecule has 3 rings (SSSR count). The van der Waals surface area contributed by atoms with Gasteiger partial charge in [0.05, 0.1) is 12.0 Å². The molecule has 1 aromatic carbocycles. The van der Waals surface area contributed by atoms with Crippen LogP contribution in [0, 0.1) is 0 Å². The summed E-state index contributed by atoms with van der Waals surface area (Å²) in [4.78, 5) is 13.6. The van der Waals surface area contributed by atoms with Crippen LogP contribution in [0.15, 0.2) is 28.7 Å². The molecule has 1 amide bonds. The Balaban J connectivity index is 1.92. The molecule has 15 heavy (non-hydrogen) atoms. The van der Waals surface area contributed by atoms with Crippen molar-refractivity contribution in [2.24, 2.45) is 0 Å². The number of carbonyl (C=O) groups excluding carboxylic acids is 1. The van der Waals surface area contributed by atoms with Crippen molar-refractivity contribution in [2.45, 2.75) is 31.2 Å². The van der Waals surface area contributed by atoms with Gasteiger partial charge in [0.2, 0.25) is 5.91 Å². The highest BCUT2D eigenvalue weighted by atomic mass is 79.9. The maximum absolute atomic E-state index is 11.6. The molecule has 2 fully saturated rings. The second-order valence-corrected chi connectivity index (χ2v) is 5.38. The number of halogens is 1. The summed E-state index contributed by atoms with van der Waals surface area (Å²) in [6.45, 7) is 0. The first-order chi connectivity index (χ1) is 7.21. The van der Waals surface area contributed by atoms with E-state index in [1.165, 1.54) is 19.3 Å². The third-order valence-electron chi connectivity index (χ3n) is 3.57. The first kappa shape index (κ1) is 9.40. The van der Waals surface area contributed by atoms with E-state index in [2.05, 4.69) is 15.9 Å². The quantitative estimate of drug-likeness (QED) is 0.715. The second kappa shape index (κ2) is 3.08. The van der Waals surface area contributed by atoms with Gasteiger partial charge in [-0.25, -0.2) is 0 Å². The Labute approximate surface area is 97.4 Å². The van der Waals surface area contributed by atoms with Gasteiger partial charge in [-0.3, -0.25) is 4.79 Å². The van der Waals surface area contributed by atoms with Gasteiger partial charge in [0.25, 0.3) is 0 Å². The van der Waals surface area contributed by atoms with Crippen molar-refractivity contribution in [3.8, 4) is 0 Å². The Morgan fingerprint density at radius 3 is 2.33 bits per heavy atom. The number of anilines is 1. The molecule has 0 atom stereocenters. The predicted molar refractivity (Wildman–Crippen MR) is 62.8 cm³/mol. The number of hydrogen-bond donors (Lipinski definition) is 0. The number of carbonyl (C=O) groups is 1. The van der Waals surface area contributed by atoms with Gasteiger partial charge in [-0.15, -0.1) is 0 Å². The Morgan fingerprint density at radius 1 is 1.20 bits per heavy atom. The topological polar surface area (TPSA) is 20.3 Å². The number of amides is 1. The van der Waals surface area contributed by atoms with Gasteiger partial charge in [-0.05, 0) is 43.5 Å². The van der Waals surface area contributed by atoms with Crippen LogP contribution in [-0.2, 0) is 4.79 Å². The fourth-order valence-electron chi connectivity index (χ4n) is 2.61. The predicted octanol–water partition coefficient (Wildman–Crippen LogP) is 3.11. The van der Waals surface area contributed by atoms with Crippen LogP contribution in [0.4, 0.5) is 5.69 Å². The van der Waals surface area contributed by atoms with E-state index in [-0.39, 0.29) is 11.4 Å². The maximum Gasteiger partial charge on any atom is 0.229 e. The van der Waals surface area contributed by atoms with E-state index in [1.54, 1.807) is 0 Å². The zero-order valence-corrected chi connectivity index (χ0v) is 9.96. The van der Waals surface area contributed by atoms with Gasteiger partial charge < -0.3 is 4.90 Å². The van der Waals surface area contributed by atoms with E-state index < -0.39 is 0 Å². The summed E-state index contributed by atoms with van der Waals surface area (Å²) < 4.78 is 1.06. The average molecular weight is 266 g/mol. The van der Waals surface area contributed by atoms with E-state index in [0.29, 0.717) is 0 Å². The summed E-state index contributed by atoms with van der Waals surface area (Å²) in [5, 5.41) is 0. The van der Waals surface area contributed by atoms with E-state index in [1.807, 2.05) is 29.2 Å². The maximum atomic E-state index is 11.6. The molecule has 3 heteroatoms. The SMILES string of the molecule is O=C1CC2(CCC2)N1c1ccc(Br)cc1. The molecule has 1 aliphatic carbocycles. The third-order valence-corrected chi connectivity index (χ3v) is 4.10. The smallest absolute Gasteiger partial charge is 0.229 e. The van der Waals surface area contributed by atoms with Crippen LogP contribution in [-0.4, -0.2) is 11.4 Å². The largest absolute Gasteiger partial charge is 0.306 e. The molecular weight excluding hydrogens is 254 g/mol. The lowest BCUT2D eigenvalue weighted by atomic mass is 9.67. The van der Waals surface area contributed by atoms with Crippen molar-refractivity contribution in [2.75, 3.05) is 4.90 Å². The molecule has 2 nitrogen and oxygen atoms in total. The summed E-state index contributed by atoms with van der Waals surface area (Å²) >= 11 is 3.41. The standard InChI is InChI=1S/C12H12BrNO/c13-9-2-4-10(5-3-9)14-11(15)8-12(14)6-1-7-12/h2-5H,1,6-8H2. The Hall–Kier alpha value is -0.830. The van der Waals surface area contributed by atoms with Crippen molar-refractivity contribution in [1.82, 2.24) is 0 Å². The Bertz CT molecular complexity index is 408. The number of rotatable bonds is 1. The Kier molecular flexibility index (Phi) is 1.93. The monoisotopic (exact) mass is 265 g/mol. The molecule has 1 saturated carbocycles. The molecule has 78 valence electrons. The number of benzene rings is 1. The van der Waals surface area contributed by atoms with Crippen LogP contribution in [0.1, 0.15) is 25.7 Å². The molecule has 0 bridgehead atoms. The molecule has 1 aromatic rings. The number of nitrogens with zero attached hydrogens (tertiary/aromatic N) is 1. The highest BCUT2D eigenvalue weighted by Crippen LogP contribution is 2.49. The molecule has 0 unspecified atom stereocenters. The zero-order chi connectivity index (χ0) is 10.5. The molecular formula is C12H12BrNO. The minimum Gasteiger partial charge on any atom is -0.306 e. The van der Waals surface area contributed by atoms with Gasteiger partial charge in [0.1, 0.15) is 0 Å². The third kappa shape index (κ3) is 1.26. The summed E-state index contributed by atoms with van der Waals surface area (Å²) in [5.41, 5.74) is 1.25. The highest BCUT2D eigenvalue weighted by molar-refractivity contribution is 9.10. The number of hydrogen-bond acceptors (Lipinski definition) is 1. The minimum atomic E-state index is 0.199. The molecule has 0 N–H and O–H groups in total. The first-order valence-electron chi connectivity index (χ1n) is 5.30. The molecule has 1 aliphatic heterocycles. The van der Waals surface area contributed by atoms with Crippen LogP contribution in [0.25, 0.3) is 0 Å². The molecule has 1 saturated heterocycles. The van der Waals surface area contributed by atoms with Gasteiger partial charge in [0.15, 0.2) is 0 Å². The fourth-order valence-corrected chi connectivity index (χ4v) is 2.87. The van der Waals surface area contributed by atoms with Crippen LogP contribution in [0.5, 0.6) is 0 Å². The fraction of sp³-hybridized carbons (Fsp3) is 0.417. The minimum absolute atomic E-state index is 0.199. The number of β-lactam (4-membered cyclic amide) rings is 1. The average Bonchev–Trinajstić information content (AvgIpc) is 2.14. The van der Waals surface area contributed by atoms with Crippen molar-refractivity contribution in [3.63, 3.8) is 0 Å². The van der Waals surface area contributed by atoms with E-state index in [9.17, 15) is 4.79 Å². The normalized spacial score (nSPS) is 22.5. The van der Waals surface area contributed by atoms with Gasteiger partial charge in [-0.1, -0.05) is 15.9 Å². The van der Waals surface area contributed by atoms with Crippen molar-refractivity contribution < 1.29 is 4.79 Å². The van der Waals surface area contributed by atoms with Crippen molar-refractivity contribution >= 4 is 27.5 Å². The van der Waals surface area contributed by atoms with Gasteiger partial charge >= 0.3 is 0 Å². The van der Waals surface area contributed by atoms with E-state index in [0.717, 1.165) is 16.6 Å². The second-order valence-electron chi connectivity index (χ2n) is 4.46. The summed E-state index contributed by atoms with van der Waals surface area (Å²) in [5.74, 6) is 0.275. The van der Waals surface area contributed by atoms with Crippen LogP contribution in [0.2, 0.25) is 0 Å². The van der Waals surface area contributed by atoms with Crippen LogP contribution < -0.4 is 4.90 Å². The van der Waals surface area contributed by atoms with Crippen molar-refractivity contribution in [1.29, 1.82) is 0 Å². The lowest BCUT2D eigenvalue weighted by molar-refractivity contribution is -0.130.